The Morgan fingerprint density at radius 3 is 0.765 bits per heavy atom. The van der Waals surface area contributed by atoms with Gasteiger partial charge in [-0.2, -0.15) is 0 Å². The Morgan fingerprint density at radius 1 is 0.184 bits per heavy atom. The van der Waals surface area contributed by atoms with Crippen molar-refractivity contribution in [3.63, 3.8) is 0 Å². The maximum atomic E-state index is 5.54. The van der Waals surface area contributed by atoms with E-state index in [9.17, 15) is 0 Å². The number of hydrogen-bond acceptors (Lipinski definition) is 9. The van der Waals surface area contributed by atoms with Crippen LogP contribution in [0.3, 0.4) is 0 Å². The Bertz CT molecular complexity index is 5260. The van der Waals surface area contributed by atoms with Crippen molar-refractivity contribution in [1.29, 1.82) is 0 Å². The lowest BCUT2D eigenvalue weighted by molar-refractivity contribution is 1.06. The molecule has 0 aliphatic carbocycles. The summed E-state index contributed by atoms with van der Waals surface area (Å²) >= 11 is 0. The van der Waals surface area contributed by atoms with Crippen molar-refractivity contribution < 1.29 is 0 Å². The van der Waals surface area contributed by atoms with Crippen LogP contribution in [0.25, 0.3) is 141 Å². The highest BCUT2D eigenvalue weighted by Gasteiger charge is 2.41. The number of aromatic nitrogens is 10. The molecule has 10 nitrogen and oxygen atoms in total. The summed E-state index contributed by atoms with van der Waals surface area (Å²) in [7, 11) is -2.97. The highest BCUT2D eigenvalue weighted by molar-refractivity contribution is 7.20. The van der Waals surface area contributed by atoms with Gasteiger partial charge in [-0.05, 0) is 56.1 Å². The van der Waals surface area contributed by atoms with Crippen molar-refractivity contribution >= 4 is 50.6 Å². The monoisotopic (exact) mass is 1270 g/mol. The van der Waals surface area contributed by atoms with Crippen LogP contribution < -0.4 is 20.7 Å². The van der Waals surface area contributed by atoms with Crippen LogP contribution in [0.5, 0.6) is 0 Å². The molecule has 0 saturated heterocycles. The molecular formula is C87H58N10Si. The quantitative estimate of drug-likeness (QED) is 0.0730. The molecule has 460 valence electrons. The lowest BCUT2D eigenvalue weighted by Gasteiger charge is -2.34. The summed E-state index contributed by atoms with van der Waals surface area (Å²) in [6, 6.07) is 123. The topological polar surface area (TPSA) is 121 Å². The van der Waals surface area contributed by atoms with E-state index in [1.54, 1.807) is 0 Å². The van der Waals surface area contributed by atoms with Crippen LogP contribution in [0.2, 0.25) is 0 Å². The van der Waals surface area contributed by atoms with Gasteiger partial charge in [0, 0.05) is 60.8 Å². The van der Waals surface area contributed by atoms with Crippen molar-refractivity contribution in [1.82, 2.24) is 49.4 Å². The molecule has 0 fully saturated rings. The maximum absolute atomic E-state index is 5.54. The van der Waals surface area contributed by atoms with E-state index in [2.05, 4.69) is 199 Å². The lowest BCUT2D eigenvalue weighted by Crippen LogP contribution is -2.74. The minimum absolute atomic E-state index is 0.490. The molecule has 13 aromatic carbocycles. The Balaban J connectivity index is 0.953. The molecule has 17 rings (SSSR count). The van der Waals surface area contributed by atoms with E-state index in [0.29, 0.717) is 52.4 Å². The maximum Gasteiger partial charge on any atom is 0.179 e. The molecule has 0 unspecified atom stereocenters. The second kappa shape index (κ2) is 25.7. The fourth-order valence-corrected chi connectivity index (χ4v) is 18.2. The van der Waals surface area contributed by atoms with Crippen LogP contribution in [-0.4, -0.2) is 57.5 Å². The van der Waals surface area contributed by atoms with Gasteiger partial charge in [0.05, 0.1) is 16.7 Å². The van der Waals surface area contributed by atoms with Crippen molar-refractivity contribution in [2.45, 2.75) is 0 Å². The average molecular weight is 1270 g/mol. The third kappa shape index (κ3) is 11.1. The van der Waals surface area contributed by atoms with Crippen LogP contribution in [-0.2, 0) is 0 Å². The van der Waals surface area contributed by atoms with Crippen LogP contribution in [0.4, 0.5) is 0 Å². The molecule has 0 atom stereocenters. The minimum atomic E-state index is -2.97. The third-order valence-electron chi connectivity index (χ3n) is 18.1. The van der Waals surface area contributed by atoms with Gasteiger partial charge in [0.25, 0.3) is 0 Å². The van der Waals surface area contributed by atoms with Crippen LogP contribution in [0.15, 0.2) is 352 Å². The first-order valence-electron chi connectivity index (χ1n) is 32.7. The third-order valence-corrected chi connectivity index (χ3v) is 22.9. The first-order chi connectivity index (χ1) is 48.6. The lowest BCUT2D eigenvalue weighted by atomic mass is 10.0. The zero-order valence-corrected chi connectivity index (χ0v) is 54.0. The number of rotatable bonds is 15. The number of hydrogen-bond donors (Lipinski definition) is 0. The van der Waals surface area contributed by atoms with Gasteiger partial charge >= 0.3 is 0 Å². The van der Waals surface area contributed by atoms with E-state index >= 15 is 0 Å². The SMILES string of the molecule is c1ccc(-c2nc(-c3ccccc3)nc(-c3ccc4c5ccc(-c6nc(-c7ccccc7)nc(-c7ccccc7)n6)cc5n(-c5ccc(-c6cccc([Si](c7ccccc7)(c7ccccc7)c7ccccc7)c6)cc5-c5nc(-c6ccccc6)nc(-c6ccccc6)n5)c4c3)n2)cc1. The molecule has 0 bridgehead atoms. The predicted octanol–water partition coefficient (Wildman–Crippen LogP) is 17.4. The fourth-order valence-electron chi connectivity index (χ4n) is 13.4. The fraction of sp³-hybridized carbons (Fsp3) is 0. The van der Waals surface area contributed by atoms with Crippen molar-refractivity contribution in [2.24, 2.45) is 0 Å². The number of nitrogens with zero attached hydrogens (tertiary/aromatic N) is 10. The summed E-state index contributed by atoms with van der Waals surface area (Å²) in [5.41, 5.74) is 12.2. The molecule has 4 heterocycles. The first-order valence-corrected chi connectivity index (χ1v) is 34.7. The summed E-state index contributed by atoms with van der Waals surface area (Å²) in [5.74, 6) is 4.90. The first kappa shape index (κ1) is 58.7. The number of fused-ring (bicyclic) bond motifs is 3. The summed E-state index contributed by atoms with van der Waals surface area (Å²) in [6.45, 7) is 0. The Hall–Kier alpha value is -13.1. The summed E-state index contributed by atoms with van der Waals surface area (Å²) in [4.78, 5) is 47.6. The zero-order chi connectivity index (χ0) is 65.2. The Morgan fingerprint density at radius 2 is 0.439 bits per heavy atom. The molecular weight excluding hydrogens is 1210 g/mol. The van der Waals surface area contributed by atoms with E-state index in [0.717, 1.165) is 88.7 Å². The molecule has 98 heavy (non-hydrogen) atoms. The van der Waals surface area contributed by atoms with E-state index in [4.69, 9.17) is 44.9 Å². The minimum Gasteiger partial charge on any atom is -0.308 e. The predicted molar refractivity (Wildman–Crippen MR) is 399 cm³/mol. The molecule has 0 amide bonds. The van der Waals surface area contributed by atoms with Gasteiger partial charge in [-0.1, -0.05) is 328 Å². The van der Waals surface area contributed by atoms with Crippen molar-refractivity contribution in [2.75, 3.05) is 0 Å². The molecule has 0 saturated carbocycles. The van der Waals surface area contributed by atoms with Crippen molar-refractivity contribution in [3.05, 3.63) is 352 Å². The summed E-state index contributed by atoms with van der Waals surface area (Å²) in [5, 5.41) is 7.11. The highest BCUT2D eigenvalue weighted by atomic mass is 28.3. The van der Waals surface area contributed by atoms with E-state index in [1.807, 2.05) is 158 Å². The van der Waals surface area contributed by atoms with Gasteiger partial charge in [0.2, 0.25) is 0 Å². The number of benzene rings is 13. The van der Waals surface area contributed by atoms with E-state index in [-0.39, 0.29) is 0 Å². The van der Waals surface area contributed by atoms with Crippen LogP contribution >= 0.6 is 0 Å². The largest absolute Gasteiger partial charge is 0.308 e. The standard InChI is InChI=1S/C87H58N10Si/c1-10-29-59(30-11-1)79-88-80(60-31-12-2-13-32-60)92-85(91-79)67-49-52-73-74-53-50-68(86-93-81(61-33-14-3-15-34-61)89-82(94-86)62-35-16-4-17-36-62)58-78(74)97(77(73)57-67)76-54-51-66(56-75(76)87-95-83(63-37-18-5-19-38-63)90-84(96-87)64-39-20-6-21-40-64)65-41-28-48-72(55-65)98(69-42-22-7-23-43-69,70-44-24-8-25-45-70)71-46-26-9-27-47-71/h1-58H. The van der Waals surface area contributed by atoms with Crippen molar-refractivity contribution in [3.8, 4) is 119 Å². The van der Waals surface area contributed by atoms with Gasteiger partial charge in [-0.3, -0.25) is 0 Å². The van der Waals surface area contributed by atoms with E-state index in [1.165, 1.54) is 20.7 Å². The Labute approximate surface area is 567 Å². The molecule has 17 aromatic rings. The average Bonchev–Trinajstić information content (AvgIpc) is 1.18. The van der Waals surface area contributed by atoms with Crippen LogP contribution in [0.1, 0.15) is 0 Å². The van der Waals surface area contributed by atoms with Gasteiger partial charge in [0.1, 0.15) is 0 Å². The summed E-state index contributed by atoms with van der Waals surface area (Å²) < 4.78 is 2.34. The van der Waals surface area contributed by atoms with Gasteiger partial charge < -0.3 is 4.57 Å². The molecule has 0 radical (unpaired) electrons. The van der Waals surface area contributed by atoms with E-state index < -0.39 is 8.07 Å². The molecule has 0 aliphatic rings. The zero-order valence-electron chi connectivity index (χ0n) is 53.0. The van der Waals surface area contributed by atoms with Gasteiger partial charge in [-0.15, -0.1) is 0 Å². The second-order valence-corrected chi connectivity index (χ2v) is 27.9. The molecule has 11 heteroatoms. The summed E-state index contributed by atoms with van der Waals surface area (Å²) in [6.07, 6.45) is 0. The molecule has 4 aromatic heterocycles. The van der Waals surface area contributed by atoms with Crippen LogP contribution in [0, 0.1) is 0 Å². The van der Waals surface area contributed by atoms with Gasteiger partial charge in [0.15, 0.2) is 60.5 Å². The molecule has 0 spiro atoms. The normalized spacial score (nSPS) is 11.5. The Kier molecular flexibility index (Phi) is 15.4. The smallest absolute Gasteiger partial charge is 0.179 e. The molecule has 0 N–H and O–H groups in total. The molecule has 0 aliphatic heterocycles. The van der Waals surface area contributed by atoms with Gasteiger partial charge in [-0.25, -0.2) is 44.9 Å². The second-order valence-electron chi connectivity index (χ2n) is 24.1. The highest BCUT2D eigenvalue weighted by Crippen LogP contribution is 2.41.